The Bertz CT molecular complexity index is 790. The molecule has 0 radical (unpaired) electrons. The van der Waals surface area contributed by atoms with Gasteiger partial charge in [0.1, 0.15) is 5.69 Å². The number of primary amides is 1. The number of likely N-dealkylation sites (tertiary alicyclic amines) is 1. The smallest absolute Gasteiger partial charge is 0.269 e. The molecule has 3 N–H and O–H groups in total. The molecule has 2 aromatic rings. The van der Waals surface area contributed by atoms with Crippen LogP contribution >= 0.6 is 23.2 Å². The van der Waals surface area contributed by atoms with Crippen molar-refractivity contribution in [3.05, 3.63) is 51.3 Å². The number of nitrogens with one attached hydrogen (secondary N) is 1. The highest BCUT2D eigenvalue weighted by Crippen LogP contribution is 2.33. The van der Waals surface area contributed by atoms with E-state index in [1.807, 2.05) is 0 Å². The number of aromatic nitrogens is 2. The first-order valence-corrected chi connectivity index (χ1v) is 8.34. The molecule has 126 valence electrons. The number of nitrogens with two attached hydrogens (primary N) is 1. The van der Waals surface area contributed by atoms with Gasteiger partial charge >= 0.3 is 0 Å². The van der Waals surface area contributed by atoms with Gasteiger partial charge in [-0.2, -0.15) is 5.10 Å². The maximum atomic E-state index is 13.0. The van der Waals surface area contributed by atoms with Gasteiger partial charge in [0, 0.05) is 11.6 Å². The number of benzene rings is 1. The largest absolute Gasteiger partial charge is 0.364 e. The minimum Gasteiger partial charge on any atom is -0.364 e. The topological polar surface area (TPSA) is 92.1 Å². The average Bonchev–Trinajstić information content (AvgIpc) is 3.06. The van der Waals surface area contributed by atoms with E-state index in [0.717, 1.165) is 19.3 Å². The highest BCUT2D eigenvalue weighted by atomic mass is 35.5. The molecule has 1 fully saturated rings. The summed E-state index contributed by atoms with van der Waals surface area (Å²) in [4.78, 5) is 25.9. The molecule has 6 nitrogen and oxygen atoms in total. The van der Waals surface area contributed by atoms with E-state index in [9.17, 15) is 9.59 Å². The summed E-state index contributed by atoms with van der Waals surface area (Å²) in [5.41, 5.74) is 6.46. The van der Waals surface area contributed by atoms with Crippen molar-refractivity contribution in [1.29, 1.82) is 0 Å². The van der Waals surface area contributed by atoms with Gasteiger partial charge in [-0.1, -0.05) is 23.2 Å². The second-order valence-electron chi connectivity index (χ2n) is 5.71. The third-order valence-corrected chi connectivity index (χ3v) is 4.70. The molecular formula is C16H16Cl2N4O2. The molecule has 24 heavy (non-hydrogen) atoms. The monoisotopic (exact) mass is 366 g/mol. The van der Waals surface area contributed by atoms with Crippen molar-refractivity contribution < 1.29 is 9.59 Å². The third-order valence-electron chi connectivity index (χ3n) is 4.13. The molecule has 0 saturated carbocycles. The quantitative estimate of drug-likeness (QED) is 0.873. The first-order chi connectivity index (χ1) is 11.5. The van der Waals surface area contributed by atoms with Crippen LogP contribution in [0.2, 0.25) is 10.0 Å². The number of hydrogen-bond donors (Lipinski definition) is 2. The maximum absolute atomic E-state index is 13.0. The second kappa shape index (κ2) is 6.83. The number of amides is 2. The fraction of sp³-hybridized carbons (Fsp3) is 0.312. The summed E-state index contributed by atoms with van der Waals surface area (Å²) in [6.45, 7) is 0.595. The Hall–Kier alpha value is -2.05. The molecule has 1 unspecified atom stereocenters. The van der Waals surface area contributed by atoms with Crippen LogP contribution in [0, 0.1) is 0 Å². The zero-order chi connectivity index (χ0) is 17.3. The van der Waals surface area contributed by atoms with Crippen molar-refractivity contribution in [3.63, 3.8) is 0 Å². The highest BCUT2D eigenvalue weighted by Gasteiger charge is 2.31. The second-order valence-corrected chi connectivity index (χ2v) is 6.55. The molecule has 2 amide bonds. The van der Waals surface area contributed by atoms with E-state index in [4.69, 9.17) is 28.9 Å². The zero-order valence-electron chi connectivity index (χ0n) is 12.8. The van der Waals surface area contributed by atoms with Gasteiger partial charge in [-0.05, 0) is 43.5 Å². The minimum atomic E-state index is -0.607. The standard InChI is InChI=1S/C16H16Cl2N4O2/c17-9-4-5-11(18)10(7-9)16(24)22-6-2-1-3-14(22)12-8-13(15(19)23)21-20-12/h4-5,7-8,14H,1-3,6H2,(H2,19,23)(H,20,21). The first-order valence-electron chi connectivity index (χ1n) is 7.58. The van der Waals surface area contributed by atoms with Crippen molar-refractivity contribution in [2.75, 3.05) is 6.54 Å². The van der Waals surface area contributed by atoms with E-state index in [1.165, 1.54) is 0 Å². The number of nitrogens with zero attached hydrogens (tertiary/aromatic N) is 2. The fourth-order valence-electron chi connectivity index (χ4n) is 2.95. The van der Waals surface area contributed by atoms with Gasteiger partial charge in [-0.3, -0.25) is 14.7 Å². The van der Waals surface area contributed by atoms with E-state index in [0.29, 0.717) is 27.8 Å². The molecule has 1 aromatic carbocycles. The molecule has 1 aromatic heterocycles. The number of rotatable bonds is 3. The molecule has 0 bridgehead atoms. The van der Waals surface area contributed by atoms with Crippen molar-refractivity contribution in [2.24, 2.45) is 5.73 Å². The third kappa shape index (κ3) is 3.25. The van der Waals surface area contributed by atoms with Gasteiger partial charge in [-0.25, -0.2) is 0 Å². The first kappa shape index (κ1) is 16.8. The predicted molar refractivity (Wildman–Crippen MR) is 91.2 cm³/mol. The van der Waals surface area contributed by atoms with Crippen LogP contribution < -0.4 is 5.73 Å². The van der Waals surface area contributed by atoms with E-state index in [-0.39, 0.29) is 17.6 Å². The number of piperidine rings is 1. The normalized spacial score (nSPS) is 17.8. The van der Waals surface area contributed by atoms with Crippen molar-refractivity contribution in [2.45, 2.75) is 25.3 Å². The zero-order valence-corrected chi connectivity index (χ0v) is 14.3. The van der Waals surface area contributed by atoms with Crippen molar-refractivity contribution >= 4 is 35.0 Å². The van der Waals surface area contributed by atoms with Crippen LogP contribution in [0.5, 0.6) is 0 Å². The van der Waals surface area contributed by atoms with Gasteiger partial charge in [0.15, 0.2) is 0 Å². The molecule has 1 saturated heterocycles. The summed E-state index contributed by atoms with van der Waals surface area (Å²) in [5.74, 6) is -0.800. The van der Waals surface area contributed by atoms with Gasteiger partial charge in [0.25, 0.3) is 11.8 Å². The van der Waals surface area contributed by atoms with Crippen LogP contribution in [0.15, 0.2) is 24.3 Å². The van der Waals surface area contributed by atoms with E-state index in [2.05, 4.69) is 10.2 Å². The minimum absolute atomic E-state index is 0.156. The Morgan fingerprint density at radius 1 is 1.25 bits per heavy atom. The number of H-pyrrole nitrogens is 1. The van der Waals surface area contributed by atoms with Crippen LogP contribution in [0.1, 0.15) is 51.8 Å². The summed E-state index contributed by atoms with van der Waals surface area (Å²) in [7, 11) is 0. The van der Waals surface area contributed by atoms with Crippen LogP contribution in [-0.4, -0.2) is 33.5 Å². The Morgan fingerprint density at radius 3 is 2.75 bits per heavy atom. The maximum Gasteiger partial charge on any atom is 0.269 e. The van der Waals surface area contributed by atoms with Crippen LogP contribution in [0.4, 0.5) is 0 Å². The van der Waals surface area contributed by atoms with E-state index < -0.39 is 5.91 Å². The molecule has 1 aliphatic rings. The summed E-state index contributed by atoms with van der Waals surface area (Å²) < 4.78 is 0. The van der Waals surface area contributed by atoms with Gasteiger partial charge < -0.3 is 10.6 Å². The Labute approximate surface area is 148 Å². The molecule has 0 aliphatic carbocycles. The molecule has 2 heterocycles. The van der Waals surface area contributed by atoms with E-state index in [1.54, 1.807) is 29.2 Å². The van der Waals surface area contributed by atoms with Crippen LogP contribution in [0.25, 0.3) is 0 Å². The lowest BCUT2D eigenvalue weighted by Gasteiger charge is -2.35. The van der Waals surface area contributed by atoms with Gasteiger partial charge in [0.2, 0.25) is 0 Å². The van der Waals surface area contributed by atoms with E-state index >= 15 is 0 Å². The van der Waals surface area contributed by atoms with Crippen molar-refractivity contribution in [1.82, 2.24) is 15.1 Å². The average molecular weight is 367 g/mol. The SMILES string of the molecule is NC(=O)c1cc(C2CCCCN2C(=O)c2cc(Cl)ccc2Cl)[nH]n1. The summed E-state index contributed by atoms with van der Waals surface area (Å²) in [6.07, 6.45) is 2.64. The lowest BCUT2D eigenvalue weighted by Crippen LogP contribution is -2.38. The number of aromatic amines is 1. The lowest BCUT2D eigenvalue weighted by molar-refractivity contribution is 0.0606. The molecule has 1 atom stereocenters. The predicted octanol–water partition coefficient (Wildman–Crippen LogP) is 3.18. The van der Waals surface area contributed by atoms with Gasteiger partial charge in [-0.15, -0.1) is 0 Å². The Morgan fingerprint density at radius 2 is 2.04 bits per heavy atom. The van der Waals surface area contributed by atoms with Gasteiger partial charge in [0.05, 0.1) is 22.3 Å². The van der Waals surface area contributed by atoms with Crippen LogP contribution in [-0.2, 0) is 0 Å². The molecule has 3 rings (SSSR count). The molecule has 0 spiro atoms. The summed E-state index contributed by atoms with van der Waals surface area (Å²) >= 11 is 12.2. The lowest BCUT2D eigenvalue weighted by atomic mass is 9.98. The Kier molecular flexibility index (Phi) is 4.78. The van der Waals surface area contributed by atoms with Crippen LogP contribution in [0.3, 0.4) is 0 Å². The number of halogens is 2. The summed E-state index contributed by atoms with van der Waals surface area (Å²) in [5, 5.41) is 7.53. The molecular weight excluding hydrogens is 351 g/mol. The number of hydrogen-bond acceptors (Lipinski definition) is 3. The van der Waals surface area contributed by atoms with Crippen molar-refractivity contribution in [3.8, 4) is 0 Å². The number of carbonyl (C=O) groups excluding carboxylic acids is 2. The molecule has 1 aliphatic heterocycles. The fourth-order valence-corrected chi connectivity index (χ4v) is 3.32. The number of carbonyl (C=O) groups is 2. The Balaban J connectivity index is 1.92. The molecule has 8 heteroatoms. The summed E-state index contributed by atoms with van der Waals surface area (Å²) in [6, 6.07) is 6.21. The highest BCUT2D eigenvalue weighted by molar-refractivity contribution is 6.35.